The first kappa shape index (κ1) is 14.0. The number of hydrogen-bond acceptors (Lipinski definition) is 2. The van der Waals surface area contributed by atoms with Gasteiger partial charge >= 0.3 is 0 Å². The zero-order valence-corrected chi connectivity index (χ0v) is 11.8. The molecule has 0 spiro atoms. The van der Waals surface area contributed by atoms with Crippen LogP contribution in [-0.2, 0) is 4.79 Å². The summed E-state index contributed by atoms with van der Waals surface area (Å²) < 4.78 is 0. The molecule has 0 aromatic carbocycles. The van der Waals surface area contributed by atoms with Gasteiger partial charge in [0.05, 0.1) is 0 Å². The molecular weight excluding hydrogens is 268 g/mol. The number of carbonyl (C=O) groups excluding carboxylic acids is 1. The minimum atomic E-state index is 0.155. The van der Waals surface area contributed by atoms with E-state index in [0.29, 0.717) is 12.3 Å². The number of halogens is 1. The van der Waals surface area contributed by atoms with Gasteiger partial charge in [0.15, 0.2) is 0 Å². The summed E-state index contributed by atoms with van der Waals surface area (Å²) >= 11 is 3.27. The van der Waals surface area contributed by atoms with Gasteiger partial charge in [-0.05, 0) is 31.8 Å². The Kier molecular flexibility index (Phi) is 7.05. The summed E-state index contributed by atoms with van der Waals surface area (Å²) in [4.78, 5) is 13.8. The molecule has 16 heavy (non-hydrogen) atoms. The van der Waals surface area contributed by atoms with Gasteiger partial charge in [-0.3, -0.25) is 4.79 Å². The molecule has 1 aliphatic rings. The van der Waals surface area contributed by atoms with Crippen molar-refractivity contribution in [2.24, 2.45) is 5.92 Å². The molecule has 0 saturated carbocycles. The molecule has 0 aromatic rings. The first-order valence-corrected chi connectivity index (χ1v) is 7.39. The molecule has 1 aliphatic heterocycles. The molecule has 3 nitrogen and oxygen atoms in total. The van der Waals surface area contributed by atoms with Crippen LogP contribution in [-0.4, -0.2) is 42.3 Å². The van der Waals surface area contributed by atoms with Gasteiger partial charge in [-0.25, -0.2) is 0 Å². The van der Waals surface area contributed by atoms with E-state index in [1.54, 1.807) is 0 Å². The Balaban J connectivity index is 2.09. The Morgan fingerprint density at radius 2 is 2.06 bits per heavy atom. The standard InChI is InChI=1S/C12H23BrN2O/c1-11(9-14-12(16)5-6-13)10-15-7-3-2-4-8-15/h11H,2-10H2,1H3,(H,14,16). The van der Waals surface area contributed by atoms with Crippen LogP contribution in [0.5, 0.6) is 0 Å². The zero-order chi connectivity index (χ0) is 11.8. The lowest BCUT2D eigenvalue weighted by atomic mass is 10.1. The summed E-state index contributed by atoms with van der Waals surface area (Å²) in [5, 5.41) is 3.73. The third-order valence-corrected chi connectivity index (χ3v) is 3.38. The van der Waals surface area contributed by atoms with E-state index >= 15 is 0 Å². The Hall–Kier alpha value is -0.0900. The van der Waals surface area contributed by atoms with E-state index in [9.17, 15) is 4.79 Å². The van der Waals surface area contributed by atoms with Gasteiger partial charge in [-0.2, -0.15) is 0 Å². The quantitative estimate of drug-likeness (QED) is 0.759. The predicted octanol–water partition coefficient (Wildman–Crippen LogP) is 2.01. The highest BCUT2D eigenvalue weighted by molar-refractivity contribution is 9.09. The van der Waals surface area contributed by atoms with E-state index in [1.807, 2.05) is 0 Å². The van der Waals surface area contributed by atoms with Crippen LogP contribution in [0, 0.1) is 5.92 Å². The molecule has 0 bridgehead atoms. The Morgan fingerprint density at radius 3 is 2.69 bits per heavy atom. The highest BCUT2D eigenvalue weighted by Gasteiger charge is 2.13. The second-order valence-electron chi connectivity index (χ2n) is 4.71. The fraction of sp³-hybridized carbons (Fsp3) is 0.917. The smallest absolute Gasteiger partial charge is 0.220 e. The van der Waals surface area contributed by atoms with Crippen molar-refractivity contribution in [2.75, 3.05) is 31.5 Å². The monoisotopic (exact) mass is 290 g/mol. The van der Waals surface area contributed by atoms with Crippen molar-refractivity contribution in [3.05, 3.63) is 0 Å². The maximum absolute atomic E-state index is 11.3. The van der Waals surface area contributed by atoms with Crippen LogP contribution < -0.4 is 5.32 Å². The molecule has 1 unspecified atom stereocenters. The van der Waals surface area contributed by atoms with Crippen LogP contribution in [0.4, 0.5) is 0 Å². The van der Waals surface area contributed by atoms with Crippen molar-refractivity contribution >= 4 is 21.8 Å². The Morgan fingerprint density at radius 1 is 1.38 bits per heavy atom. The van der Waals surface area contributed by atoms with Crippen molar-refractivity contribution < 1.29 is 4.79 Å². The molecule has 1 heterocycles. The number of alkyl halides is 1. The van der Waals surface area contributed by atoms with E-state index in [0.717, 1.165) is 18.4 Å². The van der Waals surface area contributed by atoms with Gasteiger partial charge in [-0.1, -0.05) is 29.3 Å². The molecule has 94 valence electrons. The summed E-state index contributed by atoms with van der Waals surface area (Å²) in [6.07, 6.45) is 4.63. The van der Waals surface area contributed by atoms with Crippen molar-refractivity contribution in [2.45, 2.75) is 32.6 Å². The summed E-state index contributed by atoms with van der Waals surface area (Å²) in [6.45, 7) is 6.61. The van der Waals surface area contributed by atoms with Gasteiger partial charge in [0.1, 0.15) is 0 Å². The third-order valence-electron chi connectivity index (χ3n) is 2.99. The van der Waals surface area contributed by atoms with E-state index in [1.165, 1.54) is 32.4 Å². The minimum absolute atomic E-state index is 0.155. The van der Waals surface area contributed by atoms with Gasteiger partial charge in [0.25, 0.3) is 0 Å². The molecular formula is C12H23BrN2O. The molecule has 0 aliphatic carbocycles. The molecule has 1 saturated heterocycles. The number of likely N-dealkylation sites (tertiary alicyclic amines) is 1. The molecule has 0 aromatic heterocycles. The average molecular weight is 291 g/mol. The highest BCUT2D eigenvalue weighted by atomic mass is 79.9. The molecule has 1 amide bonds. The maximum Gasteiger partial charge on any atom is 0.220 e. The zero-order valence-electron chi connectivity index (χ0n) is 10.2. The van der Waals surface area contributed by atoms with Gasteiger partial charge in [-0.15, -0.1) is 0 Å². The van der Waals surface area contributed by atoms with Crippen LogP contribution >= 0.6 is 15.9 Å². The topological polar surface area (TPSA) is 32.3 Å². The van der Waals surface area contributed by atoms with Crippen LogP contribution in [0.15, 0.2) is 0 Å². The Bertz CT molecular complexity index is 205. The van der Waals surface area contributed by atoms with Crippen LogP contribution in [0.25, 0.3) is 0 Å². The van der Waals surface area contributed by atoms with Crippen molar-refractivity contribution in [1.82, 2.24) is 10.2 Å². The normalized spacial score (nSPS) is 19.4. The van der Waals surface area contributed by atoms with Crippen LogP contribution in [0.3, 0.4) is 0 Å². The van der Waals surface area contributed by atoms with Crippen LogP contribution in [0.1, 0.15) is 32.6 Å². The second-order valence-corrected chi connectivity index (χ2v) is 5.50. The minimum Gasteiger partial charge on any atom is -0.356 e. The van der Waals surface area contributed by atoms with Crippen molar-refractivity contribution in [3.8, 4) is 0 Å². The molecule has 1 atom stereocenters. The number of amides is 1. The number of piperidine rings is 1. The fourth-order valence-corrected chi connectivity index (χ4v) is 2.47. The lowest BCUT2D eigenvalue weighted by Crippen LogP contribution is -2.38. The molecule has 4 heteroatoms. The summed E-state index contributed by atoms with van der Waals surface area (Å²) in [5.74, 6) is 0.708. The second kappa shape index (κ2) is 8.07. The number of nitrogens with zero attached hydrogens (tertiary/aromatic N) is 1. The van der Waals surface area contributed by atoms with Gasteiger partial charge in [0, 0.05) is 24.8 Å². The Labute approximate surface area is 107 Å². The van der Waals surface area contributed by atoms with Gasteiger partial charge in [0.2, 0.25) is 5.91 Å². The maximum atomic E-state index is 11.3. The molecule has 1 rings (SSSR count). The summed E-state index contributed by atoms with van der Waals surface area (Å²) in [5.41, 5.74) is 0. The van der Waals surface area contributed by atoms with Crippen LogP contribution in [0.2, 0.25) is 0 Å². The van der Waals surface area contributed by atoms with E-state index in [-0.39, 0.29) is 5.91 Å². The molecule has 1 fully saturated rings. The van der Waals surface area contributed by atoms with Crippen molar-refractivity contribution in [3.63, 3.8) is 0 Å². The SMILES string of the molecule is CC(CNC(=O)CCBr)CN1CCCCC1. The number of hydrogen-bond donors (Lipinski definition) is 1. The highest BCUT2D eigenvalue weighted by Crippen LogP contribution is 2.10. The van der Waals surface area contributed by atoms with E-state index in [2.05, 4.69) is 33.1 Å². The third kappa shape index (κ3) is 5.85. The number of carbonyl (C=O) groups is 1. The number of rotatable bonds is 6. The first-order chi connectivity index (χ1) is 7.72. The van der Waals surface area contributed by atoms with E-state index in [4.69, 9.17) is 0 Å². The lowest BCUT2D eigenvalue weighted by Gasteiger charge is -2.29. The predicted molar refractivity (Wildman–Crippen MR) is 70.9 cm³/mol. The lowest BCUT2D eigenvalue weighted by molar-refractivity contribution is -0.120. The fourth-order valence-electron chi connectivity index (χ4n) is 2.11. The number of nitrogens with one attached hydrogen (secondary N) is 1. The summed E-state index contributed by atoms with van der Waals surface area (Å²) in [6, 6.07) is 0. The largest absolute Gasteiger partial charge is 0.356 e. The first-order valence-electron chi connectivity index (χ1n) is 6.27. The van der Waals surface area contributed by atoms with Crippen molar-refractivity contribution in [1.29, 1.82) is 0 Å². The van der Waals surface area contributed by atoms with E-state index < -0.39 is 0 Å². The molecule has 1 N–H and O–H groups in total. The average Bonchev–Trinajstić information content (AvgIpc) is 2.28. The molecule has 0 radical (unpaired) electrons. The summed E-state index contributed by atoms with van der Waals surface area (Å²) in [7, 11) is 0. The van der Waals surface area contributed by atoms with Gasteiger partial charge < -0.3 is 10.2 Å².